The predicted octanol–water partition coefficient (Wildman–Crippen LogP) is 8.27. The molecule has 262 valence electrons. The van der Waals surface area contributed by atoms with Gasteiger partial charge in [0.25, 0.3) is 7.82 Å². The van der Waals surface area contributed by atoms with Gasteiger partial charge in [0.1, 0.15) is 19.8 Å². The fourth-order valence-electron chi connectivity index (χ4n) is 4.77. The lowest BCUT2D eigenvalue weighted by Crippen LogP contribution is -2.37. The van der Waals surface area contributed by atoms with Crippen LogP contribution in [0.25, 0.3) is 0 Å². The van der Waals surface area contributed by atoms with Gasteiger partial charge in [0.15, 0.2) is 6.10 Å². The van der Waals surface area contributed by atoms with E-state index in [1.54, 1.807) is 0 Å². The zero-order valence-corrected chi connectivity index (χ0v) is 30.0. The van der Waals surface area contributed by atoms with Crippen molar-refractivity contribution < 1.29 is 42.1 Å². The van der Waals surface area contributed by atoms with Crippen LogP contribution in [-0.4, -0.2) is 70.0 Å². The third-order valence-electron chi connectivity index (χ3n) is 7.63. The summed E-state index contributed by atoms with van der Waals surface area (Å²) in [5.74, 6) is -0.843. The van der Waals surface area contributed by atoms with Crippen LogP contribution < -0.4 is 4.89 Å². The maximum atomic E-state index is 12.4. The summed E-state index contributed by atoms with van der Waals surface area (Å²) in [6.07, 6.45) is 23.2. The molecule has 0 spiro atoms. The number of phosphoric ester groups is 1. The first-order chi connectivity index (χ1) is 21.0. The van der Waals surface area contributed by atoms with Crippen LogP contribution >= 0.6 is 7.82 Å². The van der Waals surface area contributed by atoms with Crippen LogP contribution in [0.5, 0.6) is 0 Å². The molecular weight excluding hydrogens is 581 g/mol. The topological polar surface area (TPSA) is 111 Å². The summed E-state index contributed by atoms with van der Waals surface area (Å²) < 4.78 is 33.5. The first-order valence-corrected chi connectivity index (χ1v) is 19.2. The first-order valence-electron chi connectivity index (χ1n) is 17.7. The number of carbonyl (C=O) groups excluding carboxylic acids is 2. The van der Waals surface area contributed by atoms with E-state index in [0.29, 0.717) is 17.4 Å². The Balaban J connectivity index is 4.26. The second kappa shape index (κ2) is 28.3. The van der Waals surface area contributed by atoms with Crippen LogP contribution in [0.2, 0.25) is 0 Å². The number of likely N-dealkylation sites (N-methyl/N-ethyl adjacent to an activating group) is 1. The Morgan fingerprint density at radius 2 is 1.02 bits per heavy atom. The highest BCUT2D eigenvalue weighted by atomic mass is 31.2. The van der Waals surface area contributed by atoms with Crippen molar-refractivity contribution in [1.29, 1.82) is 0 Å². The van der Waals surface area contributed by atoms with E-state index in [0.717, 1.165) is 44.9 Å². The lowest BCUT2D eigenvalue weighted by atomic mass is 10.0. The van der Waals surface area contributed by atoms with Crippen molar-refractivity contribution in [3.05, 3.63) is 0 Å². The number of hydrogen-bond acceptors (Lipinski definition) is 8. The Morgan fingerprint density at radius 3 is 1.45 bits per heavy atom. The molecule has 0 bridgehead atoms. The van der Waals surface area contributed by atoms with Gasteiger partial charge < -0.3 is 27.9 Å². The van der Waals surface area contributed by atoms with Gasteiger partial charge in [-0.2, -0.15) is 0 Å². The van der Waals surface area contributed by atoms with Gasteiger partial charge in [-0.3, -0.25) is 14.2 Å². The maximum Gasteiger partial charge on any atom is 0.306 e. The maximum absolute atomic E-state index is 12.4. The molecule has 0 fully saturated rings. The van der Waals surface area contributed by atoms with E-state index < -0.39 is 26.5 Å². The van der Waals surface area contributed by atoms with Crippen molar-refractivity contribution >= 4 is 19.8 Å². The normalized spacial score (nSPS) is 13.9. The Labute approximate surface area is 270 Å². The molecule has 0 saturated carbocycles. The number of hydrogen-bond donors (Lipinski definition) is 0. The van der Waals surface area contributed by atoms with E-state index in [2.05, 4.69) is 13.8 Å². The lowest BCUT2D eigenvalue weighted by Gasteiger charge is -2.28. The van der Waals surface area contributed by atoms with Crippen molar-refractivity contribution in [2.75, 3.05) is 47.5 Å². The highest BCUT2D eigenvalue weighted by molar-refractivity contribution is 7.45. The number of phosphoric acid groups is 1. The Kier molecular flexibility index (Phi) is 27.6. The third kappa shape index (κ3) is 31.0. The van der Waals surface area contributed by atoms with E-state index >= 15 is 0 Å². The quantitative estimate of drug-likeness (QED) is 0.0310. The molecular formula is C34H68NO8P. The summed E-state index contributed by atoms with van der Waals surface area (Å²) in [5.41, 5.74) is 0. The molecule has 9 nitrogen and oxygen atoms in total. The lowest BCUT2D eigenvalue weighted by molar-refractivity contribution is -0.870. The van der Waals surface area contributed by atoms with E-state index in [-0.39, 0.29) is 32.0 Å². The van der Waals surface area contributed by atoms with Crippen LogP contribution in [-0.2, 0) is 32.7 Å². The number of unbranched alkanes of at least 4 members (excludes halogenated alkanes) is 18. The highest BCUT2D eigenvalue weighted by Gasteiger charge is 2.21. The van der Waals surface area contributed by atoms with Crippen LogP contribution in [0, 0.1) is 0 Å². The summed E-state index contributed by atoms with van der Waals surface area (Å²) in [6, 6.07) is 0. The molecule has 0 aliphatic rings. The van der Waals surface area contributed by atoms with Gasteiger partial charge in [-0.1, -0.05) is 129 Å². The highest BCUT2D eigenvalue weighted by Crippen LogP contribution is 2.38. The monoisotopic (exact) mass is 649 g/mol. The molecule has 0 amide bonds. The second-order valence-corrected chi connectivity index (χ2v) is 14.7. The van der Waals surface area contributed by atoms with Gasteiger partial charge >= 0.3 is 11.9 Å². The molecule has 0 aromatic carbocycles. The summed E-state index contributed by atoms with van der Waals surface area (Å²) in [4.78, 5) is 36.9. The average Bonchev–Trinajstić information content (AvgIpc) is 2.95. The minimum absolute atomic E-state index is 0.0271. The number of quaternary nitrogens is 1. The van der Waals surface area contributed by atoms with Gasteiger partial charge in [0.05, 0.1) is 27.7 Å². The minimum atomic E-state index is -4.60. The van der Waals surface area contributed by atoms with E-state index in [9.17, 15) is 19.0 Å². The molecule has 44 heavy (non-hydrogen) atoms. The minimum Gasteiger partial charge on any atom is -0.756 e. The molecule has 2 unspecified atom stereocenters. The van der Waals surface area contributed by atoms with E-state index in [1.807, 2.05) is 21.1 Å². The standard InChI is InChI=1S/C34H68NO8P/c1-6-8-10-12-13-14-15-16-17-18-19-20-21-23-24-26-33(36)40-30-32(43-34(37)27-25-22-11-9-7-2)31-42-44(38,39)41-29-28-35(3,4)5/h32H,6-31H2,1-5H3. The Bertz CT molecular complexity index is 743. The smallest absolute Gasteiger partial charge is 0.306 e. The molecule has 0 heterocycles. The fraction of sp³-hybridized carbons (Fsp3) is 0.941. The van der Waals surface area contributed by atoms with Crippen LogP contribution in [0.4, 0.5) is 0 Å². The van der Waals surface area contributed by atoms with Gasteiger partial charge in [-0.15, -0.1) is 0 Å². The van der Waals surface area contributed by atoms with Gasteiger partial charge in [0.2, 0.25) is 0 Å². The number of rotatable bonds is 32. The predicted molar refractivity (Wildman–Crippen MR) is 176 cm³/mol. The number of ether oxygens (including phenoxy) is 2. The molecule has 0 aliphatic heterocycles. The largest absolute Gasteiger partial charge is 0.756 e. The molecule has 0 aromatic rings. The molecule has 0 radical (unpaired) electrons. The second-order valence-electron chi connectivity index (χ2n) is 13.2. The molecule has 2 atom stereocenters. The Morgan fingerprint density at radius 1 is 0.614 bits per heavy atom. The SMILES string of the molecule is CCCCCCCCCCCCCCCCCC(=O)OCC(COP(=O)([O-])OCC[N+](C)(C)C)OC(=O)CCCCCCC. The van der Waals surface area contributed by atoms with Crippen LogP contribution in [0.15, 0.2) is 0 Å². The van der Waals surface area contributed by atoms with E-state index in [1.165, 1.54) is 77.0 Å². The summed E-state index contributed by atoms with van der Waals surface area (Å²) in [6.45, 7) is 4.12. The number of carbonyl (C=O) groups is 2. The third-order valence-corrected chi connectivity index (χ3v) is 8.59. The molecule has 0 saturated heterocycles. The summed E-state index contributed by atoms with van der Waals surface area (Å²) >= 11 is 0. The van der Waals surface area contributed by atoms with Crippen molar-refractivity contribution in [2.24, 2.45) is 0 Å². The van der Waals surface area contributed by atoms with Crippen molar-refractivity contribution in [1.82, 2.24) is 0 Å². The molecule has 0 N–H and O–H groups in total. The number of esters is 2. The number of nitrogens with zero attached hydrogens (tertiary/aromatic N) is 1. The summed E-state index contributed by atoms with van der Waals surface area (Å²) in [5, 5.41) is 0. The average molecular weight is 650 g/mol. The summed E-state index contributed by atoms with van der Waals surface area (Å²) in [7, 11) is 1.17. The van der Waals surface area contributed by atoms with Gasteiger partial charge in [0, 0.05) is 12.8 Å². The zero-order chi connectivity index (χ0) is 32.9. The van der Waals surface area contributed by atoms with Crippen molar-refractivity contribution in [3.8, 4) is 0 Å². The Hall–Kier alpha value is -0.990. The molecule has 10 heteroatoms. The van der Waals surface area contributed by atoms with Crippen LogP contribution in [0.3, 0.4) is 0 Å². The zero-order valence-electron chi connectivity index (χ0n) is 29.1. The van der Waals surface area contributed by atoms with Crippen molar-refractivity contribution in [3.63, 3.8) is 0 Å². The van der Waals surface area contributed by atoms with Crippen molar-refractivity contribution in [2.45, 2.75) is 161 Å². The van der Waals surface area contributed by atoms with E-state index in [4.69, 9.17) is 18.5 Å². The fourth-order valence-corrected chi connectivity index (χ4v) is 5.50. The van der Waals surface area contributed by atoms with Gasteiger partial charge in [-0.25, -0.2) is 0 Å². The van der Waals surface area contributed by atoms with Crippen LogP contribution in [0.1, 0.15) is 155 Å². The first kappa shape index (κ1) is 43.0. The van der Waals surface area contributed by atoms with Gasteiger partial charge in [-0.05, 0) is 12.8 Å². The molecule has 0 aliphatic carbocycles. The molecule has 0 rings (SSSR count). The molecule has 0 aromatic heterocycles.